The number of rotatable bonds is 7. The molecular formula is C21H26N2O2S. The van der Waals surface area contributed by atoms with E-state index in [0.717, 1.165) is 43.7 Å². The maximum Gasteiger partial charge on any atom is 0.273 e. The Balaban J connectivity index is 1.55. The summed E-state index contributed by atoms with van der Waals surface area (Å²) >= 11 is 1.55. The first-order valence-electron chi connectivity index (χ1n) is 9.47. The first kappa shape index (κ1) is 18.8. The molecule has 0 bridgehead atoms. The number of piperidine rings is 1. The summed E-state index contributed by atoms with van der Waals surface area (Å²) in [5.41, 5.74) is 1.73. The molecular weight excluding hydrogens is 344 g/mol. The Morgan fingerprint density at radius 3 is 2.81 bits per heavy atom. The number of aromatic nitrogens is 1. The number of benzene rings is 1. The number of hydrogen-bond acceptors (Lipinski definition) is 4. The number of ketones is 1. The van der Waals surface area contributed by atoms with Gasteiger partial charge in [0.05, 0.1) is 5.01 Å². The van der Waals surface area contributed by atoms with Crippen molar-refractivity contribution in [3.8, 4) is 0 Å². The van der Waals surface area contributed by atoms with Crippen LogP contribution in [0.25, 0.3) is 0 Å². The summed E-state index contributed by atoms with van der Waals surface area (Å²) in [7, 11) is 0. The average Bonchev–Trinajstić information content (AvgIpc) is 3.15. The van der Waals surface area contributed by atoms with Crippen molar-refractivity contribution in [2.24, 2.45) is 5.92 Å². The van der Waals surface area contributed by atoms with Crippen LogP contribution in [-0.4, -0.2) is 34.7 Å². The van der Waals surface area contributed by atoms with E-state index in [0.29, 0.717) is 18.7 Å². The topological polar surface area (TPSA) is 50.3 Å². The second-order valence-corrected chi connectivity index (χ2v) is 7.86. The first-order chi connectivity index (χ1) is 12.7. The van der Waals surface area contributed by atoms with Crippen LogP contribution in [0.15, 0.2) is 35.7 Å². The van der Waals surface area contributed by atoms with Gasteiger partial charge in [-0.25, -0.2) is 4.98 Å². The summed E-state index contributed by atoms with van der Waals surface area (Å²) in [5.74, 6) is 0.214. The summed E-state index contributed by atoms with van der Waals surface area (Å²) in [4.78, 5) is 31.6. The van der Waals surface area contributed by atoms with Gasteiger partial charge in [0, 0.05) is 30.8 Å². The average molecular weight is 371 g/mol. The van der Waals surface area contributed by atoms with Gasteiger partial charge in [0.15, 0.2) is 0 Å². The highest BCUT2D eigenvalue weighted by atomic mass is 32.1. The summed E-state index contributed by atoms with van der Waals surface area (Å²) < 4.78 is 0. The fraction of sp³-hybridized carbons (Fsp3) is 0.476. The summed E-state index contributed by atoms with van der Waals surface area (Å²) in [5, 5.41) is 2.87. The number of hydrogen-bond donors (Lipinski definition) is 0. The number of nitrogens with zero attached hydrogens (tertiary/aromatic N) is 2. The van der Waals surface area contributed by atoms with E-state index in [1.807, 2.05) is 28.5 Å². The number of likely N-dealkylation sites (tertiary alicyclic amines) is 1. The lowest BCUT2D eigenvalue weighted by molar-refractivity contribution is -0.124. The van der Waals surface area contributed by atoms with Gasteiger partial charge in [-0.05, 0) is 37.7 Å². The van der Waals surface area contributed by atoms with Crippen LogP contribution in [0.2, 0.25) is 0 Å². The molecule has 1 fully saturated rings. The molecule has 1 aliphatic heterocycles. The molecule has 3 rings (SSSR count). The van der Waals surface area contributed by atoms with Crippen molar-refractivity contribution in [2.75, 3.05) is 13.1 Å². The molecule has 4 nitrogen and oxygen atoms in total. The van der Waals surface area contributed by atoms with Gasteiger partial charge >= 0.3 is 0 Å². The van der Waals surface area contributed by atoms with Gasteiger partial charge in [0.2, 0.25) is 0 Å². The fourth-order valence-electron chi connectivity index (χ4n) is 3.44. The Kier molecular flexibility index (Phi) is 6.56. The van der Waals surface area contributed by atoms with E-state index in [1.54, 1.807) is 11.3 Å². The van der Waals surface area contributed by atoms with Crippen molar-refractivity contribution >= 4 is 23.0 Å². The molecule has 1 amide bonds. The number of carbonyl (C=O) groups is 2. The second-order valence-electron chi connectivity index (χ2n) is 6.92. The molecule has 1 aromatic carbocycles. The van der Waals surface area contributed by atoms with Gasteiger partial charge < -0.3 is 4.90 Å². The van der Waals surface area contributed by atoms with Crippen LogP contribution in [0.5, 0.6) is 0 Å². The zero-order valence-corrected chi connectivity index (χ0v) is 16.1. The molecule has 0 unspecified atom stereocenters. The van der Waals surface area contributed by atoms with Gasteiger partial charge in [0.25, 0.3) is 5.91 Å². The smallest absolute Gasteiger partial charge is 0.273 e. The van der Waals surface area contributed by atoms with Crippen LogP contribution >= 0.6 is 11.3 Å². The van der Waals surface area contributed by atoms with E-state index in [-0.39, 0.29) is 17.6 Å². The number of carbonyl (C=O) groups excluding carboxylic acids is 2. The molecule has 2 aromatic rings. The standard InChI is InChI=1S/C21H26N2O2S/c1-2-7-20-22-18(15-26-20)21(25)23-13-6-10-17(14-23)19(24)12-11-16-8-4-3-5-9-16/h3-5,8-9,15,17H,2,6-7,10-14H2,1H3/t17-/m0/s1. The largest absolute Gasteiger partial charge is 0.337 e. The Labute approximate surface area is 159 Å². The van der Waals surface area contributed by atoms with Crippen molar-refractivity contribution in [2.45, 2.75) is 45.4 Å². The van der Waals surface area contributed by atoms with Crippen LogP contribution in [0.4, 0.5) is 0 Å². The number of Topliss-reactive ketones (excluding diaryl/α,β-unsaturated/α-hetero) is 1. The molecule has 1 atom stereocenters. The Bertz CT molecular complexity index is 741. The molecule has 138 valence electrons. The quantitative estimate of drug-likeness (QED) is 0.736. The molecule has 0 N–H and O–H groups in total. The molecule has 1 aliphatic rings. The SMILES string of the molecule is CCCc1nc(C(=O)N2CCC[C@H](C(=O)CCc3ccccc3)C2)cs1. The van der Waals surface area contributed by atoms with Crippen molar-refractivity contribution < 1.29 is 9.59 Å². The van der Waals surface area contributed by atoms with Gasteiger partial charge in [-0.15, -0.1) is 11.3 Å². The van der Waals surface area contributed by atoms with Crippen LogP contribution in [0.3, 0.4) is 0 Å². The van der Waals surface area contributed by atoms with E-state index in [2.05, 4.69) is 24.0 Å². The van der Waals surface area contributed by atoms with E-state index in [1.165, 1.54) is 5.56 Å². The monoisotopic (exact) mass is 370 g/mol. The van der Waals surface area contributed by atoms with E-state index in [9.17, 15) is 9.59 Å². The molecule has 0 radical (unpaired) electrons. The maximum atomic E-state index is 12.7. The molecule has 26 heavy (non-hydrogen) atoms. The lowest BCUT2D eigenvalue weighted by atomic mass is 9.90. The minimum absolute atomic E-state index is 0.0239. The Morgan fingerprint density at radius 2 is 2.04 bits per heavy atom. The van der Waals surface area contributed by atoms with E-state index < -0.39 is 0 Å². The van der Waals surface area contributed by atoms with Crippen LogP contribution in [0.1, 0.15) is 53.7 Å². The maximum absolute atomic E-state index is 12.7. The lowest BCUT2D eigenvalue weighted by Crippen LogP contribution is -2.42. The normalized spacial score (nSPS) is 17.3. The van der Waals surface area contributed by atoms with Crippen LogP contribution < -0.4 is 0 Å². The zero-order chi connectivity index (χ0) is 18.4. The fourth-order valence-corrected chi connectivity index (χ4v) is 4.31. The number of thiazole rings is 1. The molecule has 1 aromatic heterocycles. The van der Waals surface area contributed by atoms with Crippen LogP contribution in [-0.2, 0) is 17.6 Å². The highest BCUT2D eigenvalue weighted by molar-refractivity contribution is 7.09. The van der Waals surface area contributed by atoms with Gasteiger partial charge in [-0.3, -0.25) is 9.59 Å². The van der Waals surface area contributed by atoms with E-state index in [4.69, 9.17) is 0 Å². The van der Waals surface area contributed by atoms with Crippen molar-refractivity contribution in [3.63, 3.8) is 0 Å². The summed E-state index contributed by atoms with van der Waals surface area (Å²) in [6.45, 7) is 3.37. The lowest BCUT2D eigenvalue weighted by Gasteiger charge is -2.31. The third kappa shape index (κ3) is 4.79. The Morgan fingerprint density at radius 1 is 1.23 bits per heavy atom. The van der Waals surface area contributed by atoms with Crippen molar-refractivity contribution in [1.82, 2.24) is 9.88 Å². The third-order valence-corrected chi connectivity index (χ3v) is 5.81. The van der Waals surface area contributed by atoms with Crippen molar-refractivity contribution in [1.29, 1.82) is 0 Å². The first-order valence-corrected chi connectivity index (χ1v) is 10.4. The Hall–Kier alpha value is -2.01. The van der Waals surface area contributed by atoms with Gasteiger partial charge in [-0.1, -0.05) is 37.3 Å². The van der Waals surface area contributed by atoms with Crippen LogP contribution in [0, 0.1) is 5.92 Å². The molecule has 1 saturated heterocycles. The number of amides is 1. The minimum atomic E-state index is -0.0369. The summed E-state index contributed by atoms with van der Waals surface area (Å²) in [6.07, 6.45) is 5.04. The van der Waals surface area contributed by atoms with E-state index >= 15 is 0 Å². The molecule has 5 heteroatoms. The molecule has 2 heterocycles. The predicted octanol–water partition coefficient (Wildman–Crippen LogP) is 4.15. The van der Waals surface area contributed by atoms with Gasteiger partial charge in [0.1, 0.15) is 11.5 Å². The third-order valence-electron chi connectivity index (χ3n) is 4.90. The van der Waals surface area contributed by atoms with Gasteiger partial charge in [-0.2, -0.15) is 0 Å². The molecule has 0 aliphatic carbocycles. The molecule has 0 saturated carbocycles. The zero-order valence-electron chi connectivity index (χ0n) is 15.3. The highest BCUT2D eigenvalue weighted by Crippen LogP contribution is 2.22. The molecule has 0 spiro atoms. The second kappa shape index (κ2) is 9.08. The summed E-state index contributed by atoms with van der Waals surface area (Å²) in [6, 6.07) is 10.1. The number of aryl methyl sites for hydroxylation is 2. The highest BCUT2D eigenvalue weighted by Gasteiger charge is 2.29. The minimum Gasteiger partial charge on any atom is -0.337 e. The predicted molar refractivity (Wildman–Crippen MR) is 105 cm³/mol. The van der Waals surface area contributed by atoms with Crippen molar-refractivity contribution in [3.05, 3.63) is 52.0 Å².